The van der Waals surface area contributed by atoms with Gasteiger partial charge >= 0.3 is 6.18 Å². The van der Waals surface area contributed by atoms with Gasteiger partial charge in [-0.1, -0.05) is 6.07 Å². The Morgan fingerprint density at radius 3 is 2.31 bits per heavy atom. The zero-order valence-corrected chi connectivity index (χ0v) is 8.36. The van der Waals surface area contributed by atoms with Crippen LogP contribution in [0.4, 0.5) is 17.6 Å². The minimum atomic E-state index is -4.46. The van der Waals surface area contributed by atoms with Gasteiger partial charge in [-0.2, -0.15) is 13.2 Å². The van der Waals surface area contributed by atoms with E-state index in [9.17, 15) is 17.6 Å². The number of pyridine rings is 1. The summed E-state index contributed by atoms with van der Waals surface area (Å²) in [7, 11) is 0. The van der Waals surface area contributed by atoms with Crippen molar-refractivity contribution in [2.24, 2.45) is 0 Å². The van der Waals surface area contributed by atoms with E-state index >= 15 is 0 Å². The molecule has 0 aliphatic rings. The molecule has 1 aromatic heterocycles. The fourth-order valence-electron chi connectivity index (χ4n) is 0.721. The molecule has 72 valence electrons. The number of aromatic nitrogens is 1. The highest BCUT2D eigenvalue weighted by Gasteiger charge is 2.32. The van der Waals surface area contributed by atoms with Crippen LogP contribution in [0.3, 0.4) is 0 Å². The molecule has 0 saturated heterocycles. The van der Waals surface area contributed by atoms with Crippen molar-refractivity contribution in [2.75, 3.05) is 0 Å². The highest BCUT2D eigenvalue weighted by Crippen LogP contribution is 2.28. The monoisotopic (exact) mass is 305 g/mol. The normalized spacial score (nSPS) is 11.8. The van der Waals surface area contributed by atoms with E-state index in [4.69, 9.17) is 0 Å². The van der Waals surface area contributed by atoms with Gasteiger partial charge in [0.1, 0.15) is 16.1 Å². The lowest BCUT2D eigenvalue weighted by molar-refractivity contribution is -0.141. The van der Waals surface area contributed by atoms with Gasteiger partial charge in [-0.15, -0.1) is 0 Å². The van der Waals surface area contributed by atoms with E-state index in [0.717, 1.165) is 12.1 Å². The molecule has 1 aromatic rings. The van der Waals surface area contributed by atoms with Crippen LogP contribution in [0, 0.1) is 3.70 Å². The van der Waals surface area contributed by atoms with Gasteiger partial charge in [0.2, 0.25) is 0 Å². The molecule has 0 bridgehead atoms. The Morgan fingerprint density at radius 2 is 1.92 bits per heavy atom. The Bertz CT molecular complexity index is 310. The van der Waals surface area contributed by atoms with Gasteiger partial charge in [0.15, 0.2) is 0 Å². The summed E-state index contributed by atoms with van der Waals surface area (Å²) >= 11 is 1.57. The van der Waals surface area contributed by atoms with Crippen molar-refractivity contribution >= 4 is 22.6 Å². The van der Waals surface area contributed by atoms with Crippen LogP contribution < -0.4 is 0 Å². The van der Waals surface area contributed by atoms with Crippen LogP contribution in [0.25, 0.3) is 0 Å². The van der Waals surface area contributed by atoms with E-state index in [1.165, 1.54) is 0 Å². The number of hydrogen-bond donors (Lipinski definition) is 0. The molecule has 1 heterocycles. The van der Waals surface area contributed by atoms with E-state index in [1.54, 1.807) is 22.6 Å². The number of nitrogens with zero attached hydrogens (tertiary/aromatic N) is 1. The molecular weight excluding hydrogens is 301 g/mol. The molecule has 0 saturated carbocycles. The predicted molar refractivity (Wildman–Crippen MR) is 46.8 cm³/mol. The minimum Gasteiger partial charge on any atom is -0.246 e. The molecular formula is C7H4F4IN. The summed E-state index contributed by atoms with van der Waals surface area (Å²) in [6, 6.07) is 1.87. The maximum absolute atomic E-state index is 12.1. The number of hydrogen-bond acceptors (Lipinski definition) is 1. The number of alkyl halides is 4. The Hall–Kier alpha value is -0.400. The first-order valence-corrected chi connectivity index (χ1v) is 4.31. The van der Waals surface area contributed by atoms with Gasteiger partial charge < -0.3 is 0 Å². The number of halogens is 5. The molecule has 0 aliphatic heterocycles. The van der Waals surface area contributed by atoms with Gasteiger partial charge in [0.25, 0.3) is 0 Å². The summed E-state index contributed by atoms with van der Waals surface area (Å²) in [5, 5.41) is 0. The smallest absolute Gasteiger partial charge is 0.246 e. The van der Waals surface area contributed by atoms with E-state index in [-0.39, 0.29) is 9.26 Å². The maximum Gasteiger partial charge on any atom is 0.433 e. The highest BCUT2D eigenvalue weighted by atomic mass is 127. The standard InChI is InChI=1S/C7H4F4IN/c8-3-4-1-2-5(7(9,10)11)13-6(4)12/h1-2H,3H2. The Kier molecular flexibility index (Phi) is 3.09. The molecule has 0 N–H and O–H groups in total. The topological polar surface area (TPSA) is 12.9 Å². The fraction of sp³-hybridized carbons (Fsp3) is 0.286. The van der Waals surface area contributed by atoms with Crippen LogP contribution >= 0.6 is 22.6 Å². The first-order valence-electron chi connectivity index (χ1n) is 3.23. The molecule has 0 amide bonds. The molecule has 0 spiro atoms. The zero-order chi connectivity index (χ0) is 10.1. The third-order valence-electron chi connectivity index (χ3n) is 1.36. The lowest BCUT2D eigenvalue weighted by atomic mass is 10.2. The molecule has 6 heteroatoms. The van der Waals surface area contributed by atoms with E-state index in [1.807, 2.05) is 0 Å². The molecule has 1 nitrogen and oxygen atoms in total. The highest BCUT2D eigenvalue weighted by molar-refractivity contribution is 14.1. The summed E-state index contributed by atoms with van der Waals surface area (Å²) in [4.78, 5) is 3.24. The SMILES string of the molecule is FCc1ccc(C(F)(F)F)nc1I. The van der Waals surface area contributed by atoms with Crippen LogP contribution in [0.2, 0.25) is 0 Å². The fourth-order valence-corrected chi connectivity index (χ4v) is 1.30. The number of rotatable bonds is 1. The average molecular weight is 305 g/mol. The second kappa shape index (κ2) is 3.77. The Morgan fingerprint density at radius 1 is 1.31 bits per heavy atom. The van der Waals surface area contributed by atoms with Crippen LogP contribution in [-0.2, 0) is 12.9 Å². The first kappa shape index (κ1) is 10.7. The van der Waals surface area contributed by atoms with Gasteiger partial charge in [0, 0.05) is 5.56 Å². The Balaban J connectivity index is 3.10. The predicted octanol–water partition coefficient (Wildman–Crippen LogP) is 3.17. The van der Waals surface area contributed by atoms with Crippen LogP contribution in [0.15, 0.2) is 12.1 Å². The molecule has 0 aromatic carbocycles. The van der Waals surface area contributed by atoms with Crippen molar-refractivity contribution in [1.82, 2.24) is 4.98 Å². The van der Waals surface area contributed by atoms with Gasteiger partial charge in [-0.05, 0) is 28.7 Å². The summed E-state index contributed by atoms with van der Waals surface area (Å²) in [6.07, 6.45) is -4.46. The van der Waals surface area contributed by atoms with Crippen molar-refractivity contribution in [1.29, 1.82) is 0 Å². The molecule has 0 radical (unpaired) electrons. The summed E-state index contributed by atoms with van der Waals surface area (Å²) in [5.74, 6) is 0. The van der Waals surface area contributed by atoms with Crippen molar-refractivity contribution < 1.29 is 17.6 Å². The van der Waals surface area contributed by atoms with Crippen molar-refractivity contribution in [2.45, 2.75) is 12.9 Å². The van der Waals surface area contributed by atoms with Gasteiger partial charge in [-0.25, -0.2) is 9.37 Å². The second-order valence-electron chi connectivity index (χ2n) is 2.28. The van der Waals surface area contributed by atoms with Gasteiger partial charge in [0.05, 0.1) is 0 Å². The van der Waals surface area contributed by atoms with Crippen LogP contribution in [0.5, 0.6) is 0 Å². The zero-order valence-electron chi connectivity index (χ0n) is 6.20. The second-order valence-corrected chi connectivity index (χ2v) is 3.30. The third-order valence-corrected chi connectivity index (χ3v) is 2.29. The van der Waals surface area contributed by atoms with Crippen molar-refractivity contribution in [3.05, 3.63) is 27.1 Å². The molecule has 0 atom stereocenters. The Labute approximate surface area is 85.3 Å². The average Bonchev–Trinajstić information content (AvgIpc) is 2.02. The maximum atomic E-state index is 12.1. The van der Waals surface area contributed by atoms with E-state index in [2.05, 4.69) is 4.98 Å². The molecule has 0 aliphatic carbocycles. The molecule has 0 fully saturated rings. The summed E-state index contributed by atoms with van der Waals surface area (Å²) in [5.41, 5.74) is -0.817. The largest absolute Gasteiger partial charge is 0.433 e. The summed E-state index contributed by atoms with van der Waals surface area (Å²) in [6.45, 7) is -0.802. The van der Waals surface area contributed by atoms with E-state index in [0.29, 0.717) is 0 Å². The quantitative estimate of drug-likeness (QED) is 0.441. The third kappa shape index (κ3) is 2.52. The first-order chi connectivity index (χ1) is 5.95. The lowest BCUT2D eigenvalue weighted by Gasteiger charge is -2.06. The van der Waals surface area contributed by atoms with Crippen molar-refractivity contribution in [3.8, 4) is 0 Å². The van der Waals surface area contributed by atoms with Gasteiger partial charge in [-0.3, -0.25) is 0 Å². The van der Waals surface area contributed by atoms with Crippen LogP contribution in [-0.4, -0.2) is 4.98 Å². The lowest BCUT2D eigenvalue weighted by Crippen LogP contribution is -2.09. The van der Waals surface area contributed by atoms with Crippen LogP contribution in [0.1, 0.15) is 11.3 Å². The van der Waals surface area contributed by atoms with E-state index < -0.39 is 18.5 Å². The summed E-state index contributed by atoms with van der Waals surface area (Å²) < 4.78 is 48.3. The molecule has 13 heavy (non-hydrogen) atoms. The minimum absolute atomic E-state index is 0.0509. The molecule has 0 unspecified atom stereocenters. The van der Waals surface area contributed by atoms with Crippen molar-refractivity contribution in [3.63, 3.8) is 0 Å². The molecule has 1 rings (SSSR count).